The summed E-state index contributed by atoms with van der Waals surface area (Å²) in [4.78, 5) is 16.1. The highest BCUT2D eigenvalue weighted by molar-refractivity contribution is 7.99. The zero-order valence-electron chi connectivity index (χ0n) is 14.3. The van der Waals surface area contributed by atoms with Crippen LogP contribution in [0.3, 0.4) is 0 Å². The number of ether oxygens (including phenoxy) is 1. The predicted octanol–water partition coefficient (Wildman–Crippen LogP) is 1.99. The largest absolute Gasteiger partial charge is 0.467 e. The van der Waals surface area contributed by atoms with Gasteiger partial charge < -0.3 is 14.5 Å². The van der Waals surface area contributed by atoms with Gasteiger partial charge in [0.15, 0.2) is 11.0 Å². The Morgan fingerprint density at radius 1 is 1.31 bits per heavy atom. The van der Waals surface area contributed by atoms with Crippen LogP contribution in [-0.2, 0) is 22.6 Å². The molecule has 0 aliphatic heterocycles. The van der Waals surface area contributed by atoms with E-state index in [0.717, 1.165) is 11.4 Å². The Bertz CT molecular complexity index is 820. The summed E-state index contributed by atoms with van der Waals surface area (Å²) in [6.45, 7) is 1.48. The molecular formula is C17H19N5O3S. The highest BCUT2D eigenvalue weighted by atomic mass is 32.2. The quantitative estimate of drug-likeness (QED) is 0.573. The Morgan fingerprint density at radius 3 is 2.88 bits per heavy atom. The van der Waals surface area contributed by atoms with Gasteiger partial charge in [-0.1, -0.05) is 11.8 Å². The maximum atomic E-state index is 12.0. The zero-order valence-corrected chi connectivity index (χ0v) is 15.1. The van der Waals surface area contributed by atoms with Crippen LogP contribution in [0.4, 0.5) is 0 Å². The number of thioether (sulfide) groups is 1. The number of nitrogens with one attached hydrogen (secondary N) is 1. The van der Waals surface area contributed by atoms with E-state index in [0.29, 0.717) is 30.6 Å². The van der Waals surface area contributed by atoms with Crippen molar-refractivity contribution in [2.45, 2.75) is 18.2 Å². The van der Waals surface area contributed by atoms with Crippen molar-refractivity contribution < 1.29 is 13.9 Å². The van der Waals surface area contributed by atoms with Gasteiger partial charge in [-0.3, -0.25) is 14.3 Å². The monoisotopic (exact) mass is 373 g/mol. The van der Waals surface area contributed by atoms with Gasteiger partial charge in [-0.15, -0.1) is 10.2 Å². The van der Waals surface area contributed by atoms with E-state index in [2.05, 4.69) is 20.5 Å². The third kappa shape index (κ3) is 4.70. The summed E-state index contributed by atoms with van der Waals surface area (Å²) in [5.41, 5.74) is 0.915. The van der Waals surface area contributed by atoms with Gasteiger partial charge >= 0.3 is 0 Å². The fourth-order valence-corrected chi connectivity index (χ4v) is 3.07. The van der Waals surface area contributed by atoms with Crippen molar-refractivity contribution >= 4 is 17.7 Å². The number of rotatable bonds is 9. The number of carbonyl (C=O) groups excluding carboxylic acids is 1. The van der Waals surface area contributed by atoms with E-state index in [1.165, 1.54) is 11.8 Å². The molecule has 1 amide bonds. The molecule has 0 saturated heterocycles. The standard InChI is InChI=1S/C17H19N5O3S/c1-24-10-8-22-16(13-4-6-18-7-5-13)20-21-17(22)26-12-15(23)19-11-14-3-2-9-25-14/h2-7,9H,8,10-12H2,1H3,(H,19,23). The molecule has 9 heteroatoms. The second-order valence-electron chi connectivity index (χ2n) is 5.33. The first-order valence-electron chi connectivity index (χ1n) is 8.02. The molecule has 26 heavy (non-hydrogen) atoms. The topological polar surface area (TPSA) is 95.1 Å². The van der Waals surface area contributed by atoms with Crippen molar-refractivity contribution in [2.75, 3.05) is 19.5 Å². The van der Waals surface area contributed by atoms with Gasteiger partial charge in [0, 0.05) is 25.1 Å². The summed E-state index contributed by atoms with van der Waals surface area (Å²) in [5, 5.41) is 12.0. The van der Waals surface area contributed by atoms with Crippen LogP contribution in [0.1, 0.15) is 5.76 Å². The summed E-state index contributed by atoms with van der Waals surface area (Å²) in [5.74, 6) is 1.58. The minimum atomic E-state index is -0.0989. The number of amides is 1. The second-order valence-corrected chi connectivity index (χ2v) is 6.27. The summed E-state index contributed by atoms with van der Waals surface area (Å²) >= 11 is 1.33. The number of hydrogen-bond donors (Lipinski definition) is 1. The van der Waals surface area contributed by atoms with Crippen molar-refractivity contribution in [1.82, 2.24) is 25.1 Å². The molecule has 136 valence electrons. The number of furan rings is 1. The van der Waals surface area contributed by atoms with Crippen LogP contribution in [0, 0.1) is 0 Å². The zero-order chi connectivity index (χ0) is 18.2. The third-order valence-corrected chi connectivity index (χ3v) is 4.51. The Kier molecular flexibility index (Phi) is 6.39. The molecule has 3 heterocycles. The van der Waals surface area contributed by atoms with E-state index in [1.54, 1.807) is 31.8 Å². The van der Waals surface area contributed by atoms with Crippen LogP contribution in [0.5, 0.6) is 0 Å². The maximum absolute atomic E-state index is 12.0. The Labute approximate surface area is 155 Å². The summed E-state index contributed by atoms with van der Waals surface area (Å²) in [7, 11) is 1.64. The number of pyridine rings is 1. The molecule has 0 atom stereocenters. The van der Waals surface area contributed by atoms with E-state index in [4.69, 9.17) is 9.15 Å². The smallest absolute Gasteiger partial charge is 0.230 e. The first-order chi connectivity index (χ1) is 12.8. The number of aromatic nitrogens is 4. The highest BCUT2D eigenvalue weighted by Gasteiger charge is 2.15. The highest BCUT2D eigenvalue weighted by Crippen LogP contribution is 2.23. The maximum Gasteiger partial charge on any atom is 0.230 e. The lowest BCUT2D eigenvalue weighted by molar-refractivity contribution is -0.118. The van der Waals surface area contributed by atoms with Crippen LogP contribution >= 0.6 is 11.8 Å². The molecule has 0 bridgehead atoms. The molecule has 0 aliphatic carbocycles. The molecule has 1 N–H and O–H groups in total. The Morgan fingerprint density at radius 2 is 2.15 bits per heavy atom. The van der Waals surface area contributed by atoms with E-state index >= 15 is 0 Å². The average molecular weight is 373 g/mol. The van der Waals surface area contributed by atoms with Crippen LogP contribution < -0.4 is 5.32 Å². The minimum absolute atomic E-state index is 0.0989. The van der Waals surface area contributed by atoms with E-state index in [1.807, 2.05) is 22.8 Å². The predicted molar refractivity (Wildman–Crippen MR) is 96.4 cm³/mol. The van der Waals surface area contributed by atoms with Gasteiger partial charge in [-0.2, -0.15) is 0 Å². The third-order valence-electron chi connectivity index (χ3n) is 3.55. The van der Waals surface area contributed by atoms with Crippen LogP contribution in [0.15, 0.2) is 52.5 Å². The van der Waals surface area contributed by atoms with E-state index in [-0.39, 0.29) is 11.7 Å². The molecule has 3 aromatic heterocycles. The van der Waals surface area contributed by atoms with Gasteiger partial charge in [-0.05, 0) is 24.3 Å². The molecule has 3 rings (SSSR count). The number of carbonyl (C=O) groups is 1. The molecule has 0 aromatic carbocycles. The molecular weight excluding hydrogens is 354 g/mol. The van der Waals surface area contributed by atoms with Gasteiger partial charge in [0.1, 0.15) is 5.76 Å². The minimum Gasteiger partial charge on any atom is -0.467 e. The Hall–Kier alpha value is -2.65. The van der Waals surface area contributed by atoms with Crippen molar-refractivity contribution in [3.8, 4) is 11.4 Å². The number of hydrogen-bond acceptors (Lipinski definition) is 7. The molecule has 0 spiro atoms. The molecule has 0 aliphatic rings. The second kappa shape index (κ2) is 9.16. The van der Waals surface area contributed by atoms with Crippen LogP contribution in [0.2, 0.25) is 0 Å². The fourth-order valence-electron chi connectivity index (χ4n) is 2.27. The SMILES string of the molecule is COCCn1c(SCC(=O)NCc2ccco2)nnc1-c1ccncc1. The number of nitrogens with zero attached hydrogens (tertiary/aromatic N) is 4. The van der Waals surface area contributed by atoms with Crippen LogP contribution in [-0.4, -0.2) is 45.1 Å². The van der Waals surface area contributed by atoms with E-state index in [9.17, 15) is 4.79 Å². The van der Waals surface area contributed by atoms with E-state index < -0.39 is 0 Å². The van der Waals surface area contributed by atoms with Crippen molar-refractivity contribution in [3.63, 3.8) is 0 Å². The van der Waals surface area contributed by atoms with Gasteiger partial charge in [-0.25, -0.2) is 0 Å². The van der Waals surface area contributed by atoms with Crippen molar-refractivity contribution in [1.29, 1.82) is 0 Å². The van der Waals surface area contributed by atoms with Gasteiger partial charge in [0.25, 0.3) is 0 Å². The van der Waals surface area contributed by atoms with Gasteiger partial charge in [0.05, 0.1) is 31.7 Å². The van der Waals surface area contributed by atoms with Crippen molar-refractivity contribution in [3.05, 3.63) is 48.7 Å². The molecule has 0 radical (unpaired) electrons. The summed E-state index contributed by atoms with van der Waals surface area (Å²) in [6, 6.07) is 7.35. The number of methoxy groups -OCH3 is 1. The van der Waals surface area contributed by atoms with Crippen LogP contribution in [0.25, 0.3) is 11.4 Å². The molecule has 8 nitrogen and oxygen atoms in total. The lowest BCUT2D eigenvalue weighted by atomic mass is 10.2. The normalized spacial score (nSPS) is 10.8. The average Bonchev–Trinajstić information content (AvgIpc) is 3.33. The molecule has 0 fully saturated rings. The lowest BCUT2D eigenvalue weighted by Gasteiger charge is -2.09. The summed E-state index contributed by atoms with van der Waals surface area (Å²) < 4.78 is 12.3. The van der Waals surface area contributed by atoms with Gasteiger partial charge in [0.2, 0.25) is 5.91 Å². The molecule has 0 saturated carbocycles. The summed E-state index contributed by atoms with van der Waals surface area (Å²) in [6.07, 6.45) is 4.99. The molecule has 3 aromatic rings. The van der Waals surface area contributed by atoms with Crippen molar-refractivity contribution in [2.24, 2.45) is 0 Å². The first-order valence-corrected chi connectivity index (χ1v) is 9.01. The first kappa shape index (κ1) is 18.2. The Balaban J connectivity index is 1.65. The lowest BCUT2D eigenvalue weighted by Crippen LogP contribution is -2.24. The molecule has 0 unspecified atom stereocenters. The fraction of sp³-hybridized carbons (Fsp3) is 0.294.